The molecule has 0 saturated carbocycles. The predicted molar refractivity (Wildman–Crippen MR) is 106 cm³/mol. The first kappa shape index (κ1) is 17.9. The number of anilines is 3. The molecule has 0 fully saturated rings. The molecule has 1 aliphatic heterocycles. The Morgan fingerprint density at radius 3 is 2.93 bits per heavy atom. The fraction of sp³-hybridized carbons (Fsp3) is 0.278. The molecule has 4 rings (SSSR count). The molecule has 3 aromatic rings. The van der Waals surface area contributed by atoms with Gasteiger partial charge in [-0.05, 0) is 25.5 Å². The van der Waals surface area contributed by atoms with Gasteiger partial charge in [0.1, 0.15) is 10.6 Å². The molecule has 3 N–H and O–H groups in total. The number of hydrogen-bond donors (Lipinski definition) is 3. The van der Waals surface area contributed by atoms with Crippen LogP contribution in [0.3, 0.4) is 0 Å². The van der Waals surface area contributed by atoms with Crippen molar-refractivity contribution >= 4 is 44.5 Å². The molecule has 2 aromatic heterocycles. The van der Waals surface area contributed by atoms with Gasteiger partial charge < -0.3 is 20.5 Å². The van der Waals surface area contributed by atoms with Gasteiger partial charge in [0.2, 0.25) is 0 Å². The van der Waals surface area contributed by atoms with Crippen LogP contribution in [0, 0.1) is 13.8 Å². The van der Waals surface area contributed by atoms with E-state index in [1.165, 1.54) is 17.5 Å². The lowest BCUT2D eigenvalue weighted by Gasteiger charge is -2.11. The summed E-state index contributed by atoms with van der Waals surface area (Å²) in [6, 6.07) is 3.39. The number of phenols is 1. The number of nitrogens with one attached hydrogen (secondary N) is 2. The number of thiazole rings is 2. The first-order valence-electron chi connectivity index (χ1n) is 8.41. The summed E-state index contributed by atoms with van der Waals surface area (Å²) in [5.74, 6) is -0.108. The smallest absolute Gasteiger partial charge is 0.267 e. The second-order valence-corrected chi connectivity index (χ2v) is 8.32. The summed E-state index contributed by atoms with van der Waals surface area (Å²) in [6.07, 6.45) is 2.36. The number of amides is 1. The van der Waals surface area contributed by atoms with Crippen LogP contribution >= 0.6 is 22.7 Å². The maximum atomic E-state index is 12.6. The van der Waals surface area contributed by atoms with Crippen LogP contribution in [-0.2, 0) is 17.8 Å². The van der Waals surface area contributed by atoms with Crippen molar-refractivity contribution in [3.05, 3.63) is 44.9 Å². The minimum atomic E-state index is -0.260. The molecule has 0 bridgehead atoms. The molecule has 3 heterocycles. The first-order chi connectivity index (χ1) is 13.0. The van der Waals surface area contributed by atoms with Crippen molar-refractivity contribution in [2.75, 3.05) is 17.2 Å². The number of hydrogen-bond acceptors (Lipinski definition) is 8. The number of nitrogens with zero attached hydrogens (tertiary/aromatic N) is 2. The van der Waals surface area contributed by atoms with E-state index in [2.05, 4.69) is 20.6 Å². The number of fused-ring (bicyclic) bond motifs is 1. The largest absolute Gasteiger partial charge is 0.508 e. The molecular weight excluding hydrogens is 384 g/mol. The Bertz CT molecular complexity index is 989. The molecule has 1 amide bonds. The number of ether oxygens (including phenoxy) is 1. The fourth-order valence-corrected chi connectivity index (χ4v) is 4.53. The lowest BCUT2D eigenvalue weighted by Crippen LogP contribution is -2.12. The zero-order valence-electron chi connectivity index (χ0n) is 14.8. The van der Waals surface area contributed by atoms with E-state index < -0.39 is 0 Å². The van der Waals surface area contributed by atoms with Gasteiger partial charge >= 0.3 is 0 Å². The summed E-state index contributed by atoms with van der Waals surface area (Å²) in [6.45, 7) is 4.95. The van der Waals surface area contributed by atoms with Crippen LogP contribution in [0.5, 0.6) is 5.75 Å². The number of benzene rings is 1. The molecule has 0 spiro atoms. The minimum Gasteiger partial charge on any atom is -0.508 e. The van der Waals surface area contributed by atoms with Crippen molar-refractivity contribution in [3.63, 3.8) is 0 Å². The average Bonchev–Trinajstić information content (AvgIpc) is 3.28. The molecule has 0 radical (unpaired) electrons. The van der Waals surface area contributed by atoms with Gasteiger partial charge in [0.25, 0.3) is 5.91 Å². The van der Waals surface area contributed by atoms with Gasteiger partial charge in [0.15, 0.2) is 10.3 Å². The highest BCUT2D eigenvalue weighted by atomic mass is 32.1. The molecule has 0 atom stereocenters. The lowest BCUT2D eigenvalue weighted by molar-refractivity contribution is 0.103. The molecule has 1 aliphatic rings. The zero-order chi connectivity index (χ0) is 19.0. The highest BCUT2D eigenvalue weighted by Crippen LogP contribution is 2.32. The van der Waals surface area contributed by atoms with E-state index in [-0.39, 0.29) is 11.7 Å². The second kappa shape index (κ2) is 7.26. The average molecular weight is 403 g/mol. The first-order valence-corrected chi connectivity index (χ1v) is 10.0. The Labute approximate surface area is 164 Å². The van der Waals surface area contributed by atoms with Gasteiger partial charge in [-0.1, -0.05) is 28.7 Å². The Hall–Kier alpha value is -2.49. The summed E-state index contributed by atoms with van der Waals surface area (Å²) in [5, 5.41) is 17.3. The normalized spacial score (nSPS) is 13.3. The van der Waals surface area contributed by atoms with E-state index >= 15 is 0 Å². The quantitative estimate of drug-likeness (QED) is 0.611. The Balaban J connectivity index is 1.48. The molecule has 9 heteroatoms. The Morgan fingerprint density at radius 1 is 1.26 bits per heavy atom. The summed E-state index contributed by atoms with van der Waals surface area (Å²) in [4.78, 5) is 23.0. The third kappa shape index (κ3) is 3.66. The van der Waals surface area contributed by atoms with E-state index in [1.54, 1.807) is 30.4 Å². The van der Waals surface area contributed by atoms with Crippen LogP contribution in [0.2, 0.25) is 0 Å². The van der Waals surface area contributed by atoms with Crippen LogP contribution in [0.15, 0.2) is 18.3 Å². The Morgan fingerprint density at radius 2 is 2.11 bits per heavy atom. The van der Waals surface area contributed by atoms with E-state index in [4.69, 9.17) is 4.74 Å². The fourth-order valence-electron chi connectivity index (χ4n) is 2.81. The summed E-state index contributed by atoms with van der Waals surface area (Å²) in [5.41, 5.74) is 3.22. The van der Waals surface area contributed by atoms with Crippen LogP contribution in [0.1, 0.15) is 31.4 Å². The van der Waals surface area contributed by atoms with Crippen molar-refractivity contribution in [1.82, 2.24) is 9.97 Å². The van der Waals surface area contributed by atoms with Crippen molar-refractivity contribution in [2.24, 2.45) is 0 Å². The van der Waals surface area contributed by atoms with E-state index in [1.807, 2.05) is 6.92 Å². The standard InChI is InChI=1S/C18H18N4O3S2/c1-9-3-4-12(23)10(2)15(9)21-16(24)13-7-19-17(26-13)22-18-20-11-5-6-25-8-14(11)27-18/h3-4,7,23H,5-6,8H2,1-2H3,(H,21,24)(H,19,20,22). The highest BCUT2D eigenvalue weighted by molar-refractivity contribution is 7.19. The van der Waals surface area contributed by atoms with E-state index in [0.29, 0.717) is 34.5 Å². The maximum absolute atomic E-state index is 12.6. The van der Waals surface area contributed by atoms with Crippen LogP contribution < -0.4 is 10.6 Å². The number of aryl methyl sites for hydroxylation is 1. The summed E-state index contributed by atoms with van der Waals surface area (Å²) < 4.78 is 5.44. The SMILES string of the molecule is Cc1ccc(O)c(C)c1NC(=O)c1cnc(Nc2nc3c(s2)COCC3)s1. The van der Waals surface area contributed by atoms with Gasteiger partial charge in [-0.2, -0.15) is 0 Å². The topological polar surface area (TPSA) is 96.4 Å². The number of carbonyl (C=O) groups excluding carboxylic acids is 1. The third-order valence-corrected chi connectivity index (χ3v) is 6.22. The molecular formula is C18H18N4O3S2. The molecule has 7 nitrogen and oxygen atoms in total. The number of carbonyl (C=O) groups is 1. The predicted octanol–water partition coefficient (Wildman–Crippen LogP) is 3.99. The van der Waals surface area contributed by atoms with E-state index in [9.17, 15) is 9.90 Å². The zero-order valence-corrected chi connectivity index (χ0v) is 16.5. The molecule has 0 aliphatic carbocycles. The van der Waals surface area contributed by atoms with Crippen molar-refractivity contribution < 1.29 is 14.6 Å². The summed E-state index contributed by atoms with van der Waals surface area (Å²) >= 11 is 2.80. The van der Waals surface area contributed by atoms with Gasteiger partial charge in [-0.25, -0.2) is 9.97 Å². The molecule has 1 aromatic carbocycles. The van der Waals surface area contributed by atoms with Gasteiger partial charge in [-0.3, -0.25) is 4.79 Å². The van der Waals surface area contributed by atoms with Gasteiger partial charge in [0.05, 0.1) is 35.7 Å². The molecule has 0 saturated heterocycles. The van der Waals surface area contributed by atoms with Crippen molar-refractivity contribution in [3.8, 4) is 5.75 Å². The van der Waals surface area contributed by atoms with Crippen LogP contribution in [0.4, 0.5) is 16.0 Å². The molecule has 27 heavy (non-hydrogen) atoms. The summed E-state index contributed by atoms with van der Waals surface area (Å²) in [7, 11) is 0. The third-order valence-electron chi connectivity index (χ3n) is 4.32. The Kier molecular flexibility index (Phi) is 4.81. The number of aromatic nitrogens is 2. The highest BCUT2D eigenvalue weighted by Gasteiger charge is 2.18. The maximum Gasteiger partial charge on any atom is 0.267 e. The number of aromatic hydroxyl groups is 1. The van der Waals surface area contributed by atoms with Crippen LogP contribution in [-0.4, -0.2) is 27.6 Å². The van der Waals surface area contributed by atoms with E-state index in [0.717, 1.165) is 27.7 Å². The van der Waals surface area contributed by atoms with Crippen LogP contribution in [0.25, 0.3) is 0 Å². The minimum absolute atomic E-state index is 0.152. The monoisotopic (exact) mass is 402 g/mol. The van der Waals surface area contributed by atoms with Gasteiger partial charge in [0, 0.05) is 12.0 Å². The second-order valence-electron chi connectivity index (χ2n) is 6.20. The molecule has 140 valence electrons. The number of rotatable bonds is 4. The van der Waals surface area contributed by atoms with Crippen molar-refractivity contribution in [2.45, 2.75) is 26.9 Å². The van der Waals surface area contributed by atoms with Crippen molar-refractivity contribution in [1.29, 1.82) is 0 Å². The molecule has 0 unspecified atom stereocenters. The van der Waals surface area contributed by atoms with Gasteiger partial charge in [-0.15, -0.1) is 0 Å². The lowest BCUT2D eigenvalue weighted by atomic mass is 10.1. The number of phenolic OH excluding ortho intramolecular Hbond substituents is 1.